The van der Waals surface area contributed by atoms with Crippen LogP contribution in [0.5, 0.6) is 0 Å². The Labute approximate surface area is 190 Å². The Morgan fingerprint density at radius 3 is 0.967 bits per heavy atom. The maximum atomic E-state index is 12.7. The Kier molecular flexibility index (Phi) is 23.9. The third kappa shape index (κ3) is 21.4. The topological polar surface area (TPSA) is 35.5 Å². The van der Waals surface area contributed by atoms with Gasteiger partial charge in [0.25, 0.3) is 0 Å². The minimum absolute atomic E-state index is 0.489. The molecule has 0 saturated carbocycles. The van der Waals surface area contributed by atoms with Crippen LogP contribution in [0.2, 0.25) is 0 Å². The predicted molar refractivity (Wildman–Crippen MR) is 134 cm³/mol. The van der Waals surface area contributed by atoms with Crippen molar-refractivity contribution >= 4 is 7.60 Å². The molecule has 0 aliphatic heterocycles. The second-order valence-corrected chi connectivity index (χ2v) is 11.3. The smallest absolute Gasteiger partial charge is 0.309 e. The number of hydrogen-bond donors (Lipinski definition) is 0. The van der Waals surface area contributed by atoms with E-state index >= 15 is 0 Å². The summed E-state index contributed by atoms with van der Waals surface area (Å²) in [4.78, 5) is 0. The van der Waals surface area contributed by atoms with E-state index in [2.05, 4.69) is 13.8 Å². The summed E-state index contributed by atoms with van der Waals surface area (Å²) in [6.07, 6.45) is 26.5. The van der Waals surface area contributed by atoms with Gasteiger partial charge in [-0.2, -0.15) is 0 Å². The monoisotopic (exact) mass is 446 g/mol. The largest absolute Gasteiger partial charge is 0.330 e. The van der Waals surface area contributed by atoms with Crippen molar-refractivity contribution in [1.82, 2.24) is 0 Å². The van der Waals surface area contributed by atoms with Crippen LogP contribution in [0.15, 0.2) is 0 Å². The van der Waals surface area contributed by atoms with E-state index in [0.717, 1.165) is 12.8 Å². The lowest BCUT2D eigenvalue weighted by atomic mass is 10.1. The van der Waals surface area contributed by atoms with Crippen molar-refractivity contribution in [2.75, 3.05) is 19.4 Å². The average molecular weight is 447 g/mol. The van der Waals surface area contributed by atoms with Crippen molar-refractivity contribution in [3.8, 4) is 0 Å². The zero-order valence-electron chi connectivity index (χ0n) is 20.9. The molecule has 4 heteroatoms. The average Bonchev–Trinajstić information content (AvgIpc) is 2.76. The fourth-order valence-corrected chi connectivity index (χ4v) is 5.06. The summed E-state index contributed by atoms with van der Waals surface area (Å²) in [6, 6.07) is 0. The maximum Gasteiger partial charge on any atom is 0.330 e. The van der Waals surface area contributed by atoms with Crippen LogP contribution in [0, 0.1) is 0 Å². The van der Waals surface area contributed by atoms with Gasteiger partial charge in [0, 0.05) is 6.16 Å². The molecule has 30 heavy (non-hydrogen) atoms. The highest BCUT2D eigenvalue weighted by atomic mass is 31.2. The molecular formula is C26H55O3P. The Hall–Kier alpha value is 0.150. The van der Waals surface area contributed by atoms with Gasteiger partial charge >= 0.3 is 7.60 Å². The lowest BCUT2D eigenvalue weighted by Crippen LogP contribution is -2.01. The van der Waals surface area contributed by atoms with Gasteiger partial charge in [-0.05, 0) is 12.8 Å². The van der Waals surface area contributed by atoms with Crippen LogP contribution in [0.25, 0.3) is 0 Å². The van der Waals surface area contributed by atoms with Crippen LogP contribution in [0.3, 0.4) is 0 Å². The van der Waals surface area contributed by atoms with Crippen molar-refractivity contribution in [3.05, 3.63) is 0 Å². The number of hydrogen-bond acceptors (Lipinski definition) is 3. The van der Waals surface area contributed by atoms with E-state index in [-0.39, 0.29) is 0 Å². The van der Waals surface area contributed by atoms with Crippen LogP contribution in [0.4, 0.5) is 0 Å². The van der Waals surface area contributed by atoms with Crippen molar-refractivity contribution in [2.24, 2.45) is 0 Å². The quantitative estimate of drug-likeness (QED) is 0.103. The molecule has 0 N–H and O–H groups in total. The van der Waals surface area contributed by atoms with E-state index in [1.807, 2.05) is 6.92 Å². The number of rotatable bonds is 25. The van der Waals surface area contributed by atoms with Gasteiger partial charge in [0.2, 0.25) is 0 Å². The fourth-order valence-electron chi connectivity index (χ4n) is 3.81. The summed E-state index contributed by atoms with van der Waals surface area (Å²) in [5, 5.41) is 0. The minimum atomic E-state index is -2.85. The van der Waals surface area contributed by atoms with E-state index in [1.165, 1.54) is 116 Å². The normalized spacial score (nSPS) is 12.0. The van der Waals surface area contributed by atoms with E-state index in [1.54, 1.807) is 0 Å². The molecule has 0 rings (SSSR count). The first kappa shape index (κ1) is 30.1. The van der Waals surface area contributed by atoms with Crippen LogP contribution in [0.1, 0.15) is 149 Å². The summed E-state index contributed by atoms with van der Waals surface area (Å²) in [5.41, 5.74) is 0. The summed E-state index contributed by atoms with van der Waals surface area (Å²) < 4.78 is 24.0. The first-order chi connectivity index (χ1) is 14.7. The summed E-state index contributed by atoms with van der Waals surface area (Å²) >= 11 is 0. The zero-order valence-corrected chi connectivity index (χ0v) is 21.8. The van der Waals surface area contributed by atoms with Gasteiger partial charge < -0.3 is 9.05 Å². The molecule has 0 saturated heterocycles. The van der Waals surface area contributed by atoms with Gasteiger partial charge in [-0.1, -0.05) is 136 Å². The number of unbranched alkanes of at least 4 members (excludes halogenated alkanes) is 18. The molecule has 0 amide bonds. The summed E-state index contributed by atoms with van der Waals surface area (Å²) in [6.45, 7) is 7.61. The lowest BCUT2D eigenvalue weighted by Gasteiger charge is -2.17. The minimum Gasteiger partial charge on any atom is -0.309 e. The van der Waals surface area contributed by atoms with Gasteiger partial charge in [0.1, 0.15) is 0 Å². The fraction of sp³-hybridized carbons (Fsp3) is 1.00. The van der Waals surface area contributed by atoms with E-state index in [0.29, 0.717) is 19.4 Å². The molecule has 0 radical (unpaired) electrons. The molecule has 0 heterocycles. The van der Waals surface area contributed by atoms with Crippen LogP contribution in [-0.2, 0) is 13.6 Å². The van der Waals surface area contributed by atoms with Gasteiger partial charge in [0.05, 0.1) is 13.2 Å². The summed E-state index contributed by atoms with van der Waals surface area (Å²) in [5.74, 6) is 0. The van der Waals surface area contributed by atoms with E-state index in [9.17, 15) is 4.57 Å². The molecule has 0 aliphatic carbocycles. The molecule has 0 aromatic carbocycles. The van der Waals surface area contributed by atoms with Gasteiger partial charge in [-0.3, -0.25) is 4.57 Å². The molecule has 0 unspecified atom stereocenters. The first-order valence-corrected chi connectivity index (χ1v) is 15.3. The second-order valence-electron chi connectivity index (χ2n) is 8.96. The SMILES string of the molecule is CCCCCCCCCCCCOP(=O)(CC)OCCCCCCCCCCCC. The highest BCUT2D eigenvalue weighted by Gasteiger charge is 2.21. The molecule has 0 bridgehead atoms. The zero-order chi connectivity index (χ0) is 22.2. The molecule has 0 atom stereocenters. The van der Waals surface area contributed by atoms with Crippen molar-refractivity contribution in [1.29, 1.82) is 0 Å². The van der Waals surface area contributed by atoms with Crippen LogP contribution in [-0.4, -0.2) is 19.4 Å². The highest BCUT2D eigenvalue weighted by molar-refractivity contribution is 7.53. The Morgan fingerprint density at radius 2 is 0.700 bits per heavy atom. The van der Waals surface area contributed by atoms with Crippen molar-refractivity contribution in [3.63, 3.8) is 0 Å². The lowest BCUT2D eigenvalue weighted by molar-refractivity contribution is 0.198. The molecular weight excluding hydrogens is 391 g/mol. The predicted octanol–water partition coefficient (Wildman–Crippen LogP) is 10.1. The Balaban J connectivity index is 3.46. The van der Waals surface area contributed by atoms with Gasteiger partial charge in [-0.25, -0.2) is 0 Å². The van der Waals surface area contributed by atoms with Crippen LogP contribution >= 0.6 is 7.60 Å². The van der Waals surface area contributed by atoms with Gasteiger partial charge in [-0.15, -0.1) is 0 Å². The standard InChI is InChI=1S/C26H55O3P/c1-4-7-9-11-13-15-17-19-21-23-25-28-30(27,6-3)29-26-24-22-20-18-16-14-12-10-8-5-2/h4-26H2,1-3H3. The van der Waals surface area contributed by atoms with E-state index in [4.69, 9.17) is 9.05 Å². The van der Waals surface area contributed by atoms with Crippen molar-refractivity contribution in [2.45, 2.75) is 149 Å². The first-order valence-electron chi connectivity index (χ1n) is 13.6. The van der Waals surface area contributed by atoms with Crippen LogP contribution < -0.4 is 0 Å². The molecule has 0 aromatic rings. The van der Waals surface area contributed by atoms with E-state index < -0.39 is 7.60 Å². The Morgan fingerprint density at radius 1 is 0.433 bits per heavy atom. The highest BCUT2D eigenvalue weighted by Crippen LogP contribution is 2.48. The maximum absolute atomic E-state index is 12.7. The molecule has 182 valence electrons. The molecule has 0 spiro atoms. The molecule has 0 aliphatic rings. The summed E-state index contributed by atoms with van der Waals surface area (Å²) in [7, 11) is -2.85. The third-order valence-corrected chi connectivity index (χ3v) is 7.89. The molecule has 0 fully saturated rings. The molecule has 3 nitrogen and oxygen atoms in total. The van der Waals surface area contributed by atoms with Gasteiger partial charge in [0.15, 0.2) is 0 Å². The van der Waals surface area contributed by atoms with Crippen molar-refractivity contribution < 1.29 is 13.6 Å². The Bertz CT molecular complexity index is 343. The molecule has 0 aromatic heterocycles. The third-order valence-electron chi connectivity index (χ3n) is 5.96. The second kappa shape index (κ2) is 23.8.